The van der Waals surface area contributed by atoms with Gasteiger partial charge in [-0.25, -0.2) is 4.98 Å². The van der Waals surface area contributed by atoms with E-state index in [-0.39, 0.29) is 25.2 Å². The number of nitrogens with one attached hydrogen (secondary N) is 1. The third-order valence-corrected chi connectivity index (χ3v) is 5.88. The van der Waals surface area contributed by atoms with Crippen molar-refractivity contribution in [3.63, 3.8) is 0 Å². The smallest absolute Gasteiger partial charge is 0.219 e. The maximum absolute atomic E-state index is 12.3. The highest BCUT2D eigenvalue weighted by Gasteiger charge is 2.31. The SMILES string of the molecule is CC(=O)N1CCC[C@@H]1c1cc2[nH]c(-c3cnccn3)cc2cc1Oc1ccc(OCCO)nc1. The number of nitrogens with zero attached hydrogens (tertiary/aromatic N) is 4. The second-order valence-electron chi connectivity index (χ2n) is 8.13. The molecule has 2 N–H and O–H groups in total. The highest BCUT2D eigenvalue weighted by atomic mass is 16.5. The molecule has 4 heterocycles. The second-order valence-corrected chi connectivity index (χ2v) is 8.13. The van der Waals surface area contributed by atoms with Crippen LogP contribution in [0.25, 0.3) is 22.3 Å². The van der Waals surface area contributed by atoms with Gasteiger partial charge in [0.1, 0.15) is 23.8 Å². The minimum absolute atomic E-state index is 0.0485. The van der Waals surface area contributed by atoms with Crippen molar-refractivity contribution in [2.24, 2.45) is 0 Å². The van der Waals surface area contributed by atoms with E-state index < -0.39 is 0 Å². The van der Waals surface area contributed by atoms with Crippen LogP contribution in [0.5, 0.6) is 17.4 Å². The molecular weight excluding hydrogens is 434 g/mol. The van der Waals surface area contributed by atoms with Crippen LogP contribution in [-0.4, -0.2) is 55.6 Å². The number of hydrogen-bond donors (Lipinski definition) is 2. The van der Waals surface area contributed by atoms with Crippen LogP contribution in [0.4, 0.5) is 0 Å². The van der Waals surface area contributed by atoms with Gasteiger partial charge in [0.25, 0.3) is 0 Å². The molecule has 0 bridgehead atoms. The van der Waals surface area contributed by atoms with Crippen LogP contribution in [0.3, 0.4) is 0 Å². The summed E-state index contributed by atoms with van der Waals surface area (Å²) in [7, 11) is 0. The number of carbonyl (C=O) groups is 1. The molecule has 1 fully saturated rings. The average Bonchev–Trinajstić information content (AvgIpc) is 3.51. The Balaban J connectivity index is 1.54. The van der Waals surface area contributed by atoms with Gasteiger partial charge >= 0.3 is 0 Å². The number of amides is 1. The summed E-state index contributed by atoms with van der Waals surface area (Å²) < 4.78 is 11.6. The number of ether oxygens (including phenoxy) is 2. The number of H-pyrrole nitrogens is 1. The summed E-state index contributed by atoms with van der Waals surface area (Å²) in [5, 5.41) is 9.88. The van der Waals surface area contributed by atoms with Crippen molar-refractivity contribution < 1.29 is 19.4 Å². The van der Waals surface area contributed by atoms with E-state index in [2.05, 4.69) is 26.0 Å². The Labute approximate surface area is 196 Å². The molecule has 9 nitrogen and oxygen atoms in total. The van der Waals surface area contributed by atoms with Crippen LogP contribution in [0, 0.1) is 0 Å². The summed E-state index contributed by atoms with van der Waals surface area (Å²) >= 11 is 0. The molecule has 34 heavy (non-hydrogen) atoms. The van der Waals surface area contributed by atoms with Crippen LogP contribution >= 0.6 is 0 Å². The van der Waals surface area contributed by atoms with Gasteiger partial charge in [-0.1, -0.05) is 0 Å². The summed E-state index contributed by atoms with van der Waals surface area (Å²) in [6.07, 6.45) is 8.40. The van der Waals surface area contributed by atoms with E-state index in [9.17, 15) is 4.79 Å². The standard InChI is InChI=1S/C25H25N5O4/c1-16(32)30-8-2-3-23(30)19-13-20-17(11-21(29-20)22-15-26-6-7-27-22)12-24(19)34-18-4-5-25(28-14-18)33-10-9-31/h4-7,11-15,23,29,31H,2-3,8-10H2,1H3/t23-/m1/s1. The number of aromatic amines is 1. The Morgan fingerprint density at radius 3 is 2.85 bits per heavy atom. The van der Waals surface area contributed by atoms with Crippen LogP contribution in [0.1, 0.15) is 31.4 Å². The fourth-order valence-corrected chi connectivity index (χ4v) is 4.36. The van der Waals surface area contributed by atoms with E-state index in [1.54, 1.807) is 43.8 Å². The number of pyridine rings is 1. The van der Waals surface area contributed by atoms with Crippen LogP contribution < -0.4 is 9.47 Å². The summed E-state index contributed by atoms with van der Waals surface area (Å²) in [6.45, 7) is 2.43. The Hall–Kier alpha value is -3.98. The molecule has 1 atom stereocenters. The van der Waals surface area contributed by atoms with Crippen molar-refractivity contribution in [3.05, 3.63) is 60.7 Å². The van der Waals surface area contributed by atoms with Crippen molar-refractivity contribution in [2.45, 2.75) is 25.8 Å². The monoisotopic (exact) mass is 459 g/mol. The third kappa shape index (κ3) is 4.42. The van der Waals surface area contributed by atoms with E-state index in [1.165, 1.54) is 0 Å². The van der Waals surface area contributed by atoms with Gasteiger partial charge < -0.3 is 24.5 Å². The van der Waals surface area contributed by atoms with Crippen molar-refractivity contribution >= 4 is 16.8 Å². The molecule has 0 aliphatic carbocycles. The summed E-state index contributed by atoms with van der Waals surface area (Å²) in [5.74, 6) is 1.68. The Bertz CT molecular complexity index is 1290. The van der Waals surface area contributed by atoms with Gasteiger partial charge in [0.05, 0.1) is 30.7 Å². The lowest BCUT2D eigenvalue weighted by molar-refractivity contribution is -0.129. The molecule has 0 radical (unpaired) electrons. The number of aromatic nitrogens is 4. The summed E-state index contributed by atoms with van der Waals surface area (Å²) in [4.78, 5) is 30.4. The zero-order valence-electron chi connectivity index (χ0n) is 18.8. The van der Waals surface area contributed by atoms with E-state index in [0.717, 1.165) is 47.2 Å². The topological polar surface area (TPSA) is 113 Å². The first-order valence-corrected chi connectivity index (χ1v) is 11.2. The summed E-state index contributed by atoms with van der Waals surface area (Å²) in [6, 6.07) is 9.45. The fraction of sp³-hybridized carbons (Fsp3) is 0.280. The molecule has 0 unspecified atom stereocenters. The highest BCUT2D eigenvalue weighted by molar-refractivity contribution is 5.88. The largest absolute Gasteiger partial charge is 0.475 e. The first-order chi connectivity index (χ1) is 16.6. The molecule has 174 valence electrons. The molecule has 1 aromatic carbocycles. The van der Waals surface area contributed by atoms with Gasteiger partial charge in [0.15, 0.2) is 0 Å². The third-order valence-electron chi connectivity index (χ3n) is 5.88. The van der Waals surface area contributed by atoms with E-state index in [0.29, 0.717) is 17.4 Å². The van der Waals surface area contributed by atoms with Gasteiger partial charge in [-0.2, -0.15) is 0 Å². The van der Waals surface area contributed by atoms with Gasteiger partial charge in [-0.15, -0.1) is 0 Å². The Kier molecular flexibility index (Phi) is 6.09. The number of benzene rings is 1. The number of aliphatic hydroxyl groups excluding tert-OH is 1. The lowest BCUT2D eigenvalue weighted by Crippen LogP contribution is -2.28. The Morgan fingerprint density at radius 1 is 1.21 bits per heavy atom. The maximum atomic E-state index is 12.3. The predicted molar refractivity (Wildman–Crippen MR) is 126 cm³/mol. The molecule has 4 aromatic rings. The number of hydrogen-bond acceptors (Lipinski definition) is 7. The molecule has 5 rings (SSSR count). The van der Waals surface area contributed by atoms with E-state index in [4.69, 9.17) is 14.6 Å². The zero-order chi connectivity index (χ0) is 23.5. The molecule has 9 heteroatoms. The van der Waals surface area contributed by atoms with Crippen molar-refractivity contribution in [3.8, 4) is 28.8 Å². The van der Waals surface area contributed by atoms with Gasteiger partial charge in [-0.3, -0.25) is 14.8 Å². The second kappa shape index (κ2) is 9.48. The average molecular weight is 460 g/mol. The number of likely N-dealkylation sites (tertiary alicyclic amines) is 1. The van der Waals surface area contributed by atoms with Crippen LogP contribution in [0.15, 0.2) is 55.1 Å². The number of rotatable bonds is 7. The molecular formula is C25H25N5O4. The minimum Gasteiger partial charge on any atom is -0.475 e. The van der Waals surface area contributed by atoms with Gasteiger partial charge in [-0.05, 0) is 37.1 Å². The zero-order valence-corrected chi connectivity index (χ0v) is 18.8. The van der Waals surface area contributed by atoms with Crippen LogP contribution in [-0.2, 0) is 4.79 Å². The summed E-state index contributed by atoms with van der Waals surface area (Å²) in [5.41, 5.74) is 3.47. The molecule has 0 spiro atoms. The predicted octanol–water partition coefficient (Wildman–Crippen LogP) is 3.87. The Morgan fingerprint density at radius 2 is 2.12 bits per heavy atom. The lowest BCUT2D eigenvalue weighted by atomic mass is 10.0. The minimum atomic E-state index is -0.0788. The molecule has 1 aliphatic heterocycles. The van der Waals surface area contributed by atoms with E-state index >= 15 is 0 Å². The van der Waals surface area contributed by atoms with Crippen molar-refractivity contribution in [1.29, 1.82) is 0 Å². The van der Waals surface area contributed by atoms with Crippen molar-refractivity contribution in [1.82, 2.24) is 24.8 Å². The normalized spacial score (nSPS) is 15.6. The maximum Gasteiger partial charge on any atom is 0.219 e. The highest BCUT2D eigenvalue weighted by Crippen LogP contribution is 2.41. The van der Waals surface area contributed by atoms with Crippen molar-refractivity contribution in [2.75, 3.05) is 19.8 Å². The van der Waals surface area contributed by atoms with E-state index in [1.807, 2.05) is 17.0 Å². The molecule has 3 aromatic heterocycles. The quantitative estimate of drug-likeness (QED) is 0.431. The van der Waals surface area contributed by atoms with Crippen LogP contribution in [0.2, 0.25) is 0 Å². The number of fused-ring (bicyclic) bond motifs is 1. The molecule has 0 saturated carbocycles. The number of aliphatic hydroxyl groups is 1. The molecule has 1 amide bonds. The molecule has 1 saturated heterocycles. The number of carbonyl (C=O) groups excluding carboxylic acids is 1. The lowest BCUT2D eigenvalue weighted by Gasteiger charge is -2.25. The van der Waals surface area contributed by atoms with Gasteiger partial charge in [0, 0.05) is 48.4 Å². The van der Waals surface area contributed by atoms with Gasteiger partial charge in [0.2, 0.25) is 11.8 Å². The molecule has 1 aliphatic rings. The first kappa shape index (κ1) is 21.8. The fourth-order valence-electron chi connectivity index (χ4n) is 4.36. The first-order valence-electron chi connectivity index (χ1n) is 11.2.